The summed E-state index contributed by atoms with van der Waals surface area (Å²) < 4.78 is 6.10. The highest BCUT2D eigenvalue weighted by Gasteiger charge is 2.43. The van der Waals surface area contributed by atoms with Crippen molar-refractivity contribution in [1.29, 1.82) is 0 Å². The van der Waals surface area contributed by atoms with Crippen molar-refractivity contribution >= 4 is 6.29 Å². The maximum Gasteiger partial charge on any atom is 0.159 e. The van der Waals surface area contributed by atoms with E-state index in [1.165, 1.54) is 6.08 Å². The fourth-order valence-corrected chi connectivity index (χ4v) is 3.83. The van der Waals surface area contributed by atoms with Crippen LogP contribution in [0.5, 0.6) is 0 Å². The van der Waals surface area contributed by atoms with Gasteiger partial charge in [-0.15, -0.1) is 0 Å². The van der Waals surface area contributed by atoms with E-state index in [1.54, 1.807) is 32.2 Å². The lowest BCUT2D eigenvalue weighted by Gasteiger charge is -2.40. The quantitative estimate of drug-likeness (QED) is 0.760. The molecule has 1 aliphatic carbocycles. The second kappa shape index (κ2) is 7.31. The van der Waals surface area contributed by atoms with Crippen LogP contribution in [-0.4, -0.2) is 51.2 Å². The SMILES string of the molecule is CC1(OC[C@@H]2CCCN2C(C)(O)c2ccccn2)C=CC=C(O)C1C=O. The number of likely N-dealkylation sites (tertiary alicyclic amines) is 1. The third kappa shape index (κ3) is 3.45. The van der Waals surface area contributed by atoms with Gasteiger partial charge in [0.25, 0.3) is 0 Å². The molecule has 6 heteroatoms. The molecule has 0 radical (unpaired) electrons. The minimum Gasteiger partial charge on any atom is -0.511 e. The Balaban J connectivity index is 1.73. The van der Waals surface area contributed by atoms with E-state index in [9.17, 15) is 15.0 Å². The first-order valence-electron chi connectivity index (χ1n) is 8.97. The molecule has 2 N–H and O–H groups in total. The summed E-state index contributed by atoms with van der Waals surface area (Å²) in [6.45, 7) is 4.63. The third-order valence-corrected chi connectivity index (χ3v) is 5.44. The van der Waals surface area contributed by atoms with Crippen LogP contribution < -0.4 is 0 Å². The largest absolute Gasteiger partial charge is 0.511 e. The first-order chi connectivity index (χ1) is 12.4. The molecule has 0 saturated carbocycles. The number of aliphatic hydroxyl groups excluding tert-OH is 1. The second-order valence-corrected chi connectivity index (χ2v) is 7.28. The van der Waals surface area contributed by atoms with Crippen molar-refractivity contribution < 1.29 is 19.7 Å². The van der Waals surface area contributed by atoms with Gasteiger partial charge in [-0.25, -0.2) is 0 Å². The molecule has 0 aromatic carbocycles. The van der Waals surface area contributed by atoms with Crippen LogP contribution in [-0.2, 0) is 15.3 Å². The molecule has 1 saturated heterocycles. The molecule has 6 nitrogen and oxygen atoms in total. The Morgan fingerprint density at radius 2 is 2.31 bits per heavy atom. The molecule has 2 aliphatic rings. The van der Waals surface area contributed by atoms with E-state index in [0.717, 1.165) is 19.4 Å². The first-order valence-corrected chi connectivity index (χ1v) is 8.97. The number of hydrogen-bond donors (Lipinski definition) is 2. The van der Waals surface area contributed by atoms with Gasteiger partial charge in [-0.3, -0.25) is 9.88 Å². The standard InChI is InChI=1S/C20H26N2O4/c1-19(10-5-8-17(24)16(19)13-23)26-14-15-7-6-12-22(15)20(2,25)18-9-3-4-11-21-18/h3-5,8-11,13,15-16,24-25H,6-7,12,14H2,1-2H3/t15-,16?,19?,20?/m0/s1. The number of carbonyl (C=O) groups is 1. The lowest BCUT2D eigenvalue weighted by atomic mass is 9.84. The van der Waals surface area contributed by atoms with E-state index in [2.05, 4.69) is 4.98 Å². The Morgan fingerprint density at radius 3 is 3.00 bits per heavy atom. The summed E-state index contributed by atoms with van der Waals surface area (Å²) in [6.07, 6.45) is 9.22. The van der Waals surface area contributed by atoms with Crippen molar-refractivity contribution in [3.63, 3.8) is 0 Å². The van der Waals surface area contributed by atoms with Gasteiger partial charge >= 0.3 is 0 Å². The Kier molecular flexibility index (Phi) is 5.27. The zero-order valence-corrected chi connectivity index (χ0v) is 15.2. The lowest BCUT2D eigenvalue weighted by molar-refractivity contribution is -0.140. The van der Waals surface area contributed by atoms with Crippen molar-refractivity contribution in [3.8, 4) is 0 Å². The molecule has 1 aliphatic heterocycles. The number of pyridine rings is 1. The van der Waals surface area contributed by atoms with Crippen LogP contribution in [0, 0.1) is 5.92 Å². The Morgan fingerprint density at radius 1 is 1.50 bits per heavy atom. The predicted molar refractivity (Wildman–Crippen MR) is 97.3 cm³/mol. The maximum atomic E-state index is 11.4. The molecule has 0 spiro atoms. The number of rotatable bonds is 6. The Labute approximate surface area is 153 Å². The molecule has 0 bridgehead atoms. The molecule has 3 unspecified atom stereocenters. The van der Waals surface area contributed by atoms with E-state index in [-0.39, 0.29) is 11.8 Å². The minimum absolute atomic E-state index is 0.00224. The van der Waals surface area contributed by atoms with Gasteiger partial charge in [0.2, 0.25) is 0 Å². The van der Waals surface area contributed by atoms with E-state index >= 15 is 0 Å². The fraction of sp³-hybridized carbons (Fsp3) is 0.500. The zero-order valence-electron chi connectivity index (χ0n) is 15.2. The zero-order chi connectivity index (χ0) is 18.8. The summed E-state index contributed by atoms with van der Waals surface area (Å²) in [6, 6.07) is 5.49. The Bertz CT molecular complexity index is 701. The lowest BCUT2D eigenvalue weighted by Crippen LogP contribution is -2.50. The molecule has 2 heterocycles. The number of ether oxygens (including phenoxy) is 1. The van der Waals surface area contributed by atoms with Gasteiger partial charge in [-0.05, 0) is 44.9 Å². The molecule has 1 aromatic heterocycles. The molecular weight excluding hydrogens is 332 g/mol. The van der Waals surface area contributed by atoms with Crippen LogP contribution in [0.15, 0.2) is 48.4 Å². The number of aromatic nitrogens is 1. The number of hydrogen-bond acceptors (Lipinski definition) is 6. The molecule has 0 amide bonds. The second-order valence-electron chi connectivity index (χ2n) is 7.28. The fourth-order valence-electron chi connectivity index (χ4n) is 3.83. The number of aldehydes is 1. The molecule has 140 valence electrons. The molecule has 1 fully saturated rings. The first kappa shape index (κ1) is 18.8. The van der Waals surface area contributed by atoms with Gasteiger partial charge < -0.3 is 19.7 Å². The number of aliphatic hydroxyl groups is 2. The molecule has 4 atom stereocenters. The van der Waals surface area contributed by atoms with Gasteiger partial charge in [0.05, 0.1) is 12.3 Å². The summed E-state index contributed by atoms with van der Waals surface area (Å²) in [7, 11) is 0. The van der Waals surface area contributed by atoms with E-state index in [0.29, 0.717) is 18.6 Å². The van der Waals surface area contributed by atoms with Crippen LogP contribution in [0.2, 0.25) is 0 Å². The third-order valence-electron chi connectivity index (χ3n) is 5.44. The number of allylic oxidation sites excluding steroid dienone is 2. The van der Waals surface area contributed by atoms with E-state index < -0.39 is 17.2 Å². The summed E-state index contributed by atoms with van der Waals surface area (Å²) in [4.78, 5) is 17.7. The molecule has 1 aromatic rings. The van der Waals surface area contributed by atoms with E-state index in [1.807, 2.05) is 23.1 Å². The van der Waals surface area contributed by atoms with E-state index in [4.69, 9.17) is 4.74 Å². The number of carbonyl (C=O) groups excluding carboxylic acids is 1. The summed E-state index contributed by atoms with van der Waals surface area (Å²) in [5.41, 5.74) is -1.49. The topological polar surface area (TPSA) is 82.9 Å². The van der Waals surface area contributed by atoms with Gasteiger partial charge in [0.1, 0.15) is 23.6 Å². The van der Waals surface area contributed by atoms with Crippen LogP contribution in [0.4, 0.5) is 0 Å². The van der Waals surface area contributed by atoms with Gasteiger partial charge in [0.15, 0.2) is 5.72 Å². The smallest absolute Gasteiger partial charge is 0.159 e. The summed E-state index contributed by atoms with van der Waals surface area (Å²) in [5, 5.41) is 21.1. The van der Waals surface area contributed by atoms with Crippen molar-refractivity contribution in [1.82, 2.24) is 9.88 Å². The van der Waals surface area contributed by atoms with Crippen molar-refractivity contribution in [2.45, 2.75) is 44.1 Å². The van der Waals surface area contributed by atoms with Crippen LogP contribution in [0.25, 0.3) is 0 Å². The van der Waals surface area contributed by atoms with Crippen LogP contribution >= 0.6 is 0 Å². The predicted octanol–water partition coefficient (Wildman–Crippen LogP) is 2.31. The van der Waals surface area contributed by atoms with Gasteiger partial charge in [0, 0.05) is 18.8 Å². The summed E-state index contributed by atoms with van der Waals surface area (Å²) >= 11 is 0. The van der Waals surface area contributed by atoms with Crippen molar-refractivity contribution in [2.24, 2.45) is 5.92 Å². The number of nitrogens with zero attached hydrogens (tertiary/aromatic N) is 2. The van der Waals surface area contributed by atoms with Crippen LogP contribution in [0.3, 0.4) is 0 Å². The normalized spacial score (nSPS) is 31.4. The highest BCUT2D eigenvalue weighted by molar-refractivity contribution is 5.62. The highest BCUT2D eigenvalue weighted by atomic mass is 16.5. The average molecular weight is 358 g/mol. The Hall–Kier alpha value is -2.02. The molecule has 3 rings (SSSR count). The van der Waals surface area contributed by atoms with Crippen LogP contribution in [0.1, 0.15) is 32.4 Å². The molecule has 26 heavy (non-hydrogen) atoms. The van der Waals surface area contributed by atoms with Gasteiger partial charge in [-0.1, -0.05) is 18.2 Å². The monoisotopic (exact) mass is 358 g/mol. The average Bonchev–Trinajstić information content (AvgIpc) is 3.11. The van der Waals surface area contributed by atoms with Crippen molar-refractivity contribution in [2.75, 3.05) is 13.2 Å². The van der Waals surface area contributed by atoms with Crippen molar-refractivity contribution in [3.05, 3.63) is 54.1 Å². The minimum atomic E-state index is -1.19. The van der Waals surface area contributed by atoms with Gasteiger partial charge in [-0.2, -0.15) is 0 Å². The summed E-state index contributed by atoms with van der Waals surface area (Å²) in [5.74, 6) is -0.715. The maximum absolute atomic E-state index is 11.4. The highest BCUT2D eigenvalue weighted by Crippen LogP contribution is 2.35. The molecular formula is C20H26N2O4.